The number of carboxylic acid groups (broad SMARTS) is 1. The van der Waals surface area contributed by atoms with Crippen LogP contribution in [0.25, 0.3) is 6.08 Å². The van der Waals surface area contributed by atoms with E-state index in [0.717, 1.165) is 43.6 Å². The van der Waals surface area contributed by atoms with Crippen molar-refractivity contribution in [1.29, 1.82) is 0 Å². The highest BCUT2D eigenvalue weighted by molar-refractivity contribution is 6.30. The minimum Gasteiger partial charge on any atom is -0.478 e. The molecule has 0 spiro atoms. The lowest BCUT2D eigenvalue weighted by molar-refractivity contribution is -0.131. The van der Waals surface area contributed by atoms with Gasteiger partial charge in [0.05, 0.1) is 18.1 Å². The number of likely N-dealkylation sites (tertiary alicyclic amines) is 1. The standard InChI is InChI=1S/C19H21ClN4O2/c20-15-5-3-14(4-6-15)12-24-9-1-2-17(13-24)23-18-11-21-16(10-22-18)7-8-19(25)26/h3-8,10-11,17H,1-2,9,12-13H2,(H,22,23)(H,25,26)/t17-/m1/s1. The van der Waals surface area contributed by atoms with Gasteiger partial charge in [0.25, 0.3) is 0 Å². The summed E-state index contributed by atoms with van der Waals surface area (Å²) in [6.07, 6.45) is 7.88. The average Bonchev–Trinajstić information content (AvgIpc) is 2.63. The molecular formula is C19H21ClN4O2. The maximum Gasteiger partial charge on any atom is 0.328 e. The van der Waals surface area contributed by atoms with Crippen molar-refractivity contribution in [2.24, 2.45) is 0 Å². The highest BCUT2D eigenvalue weighted by Crippen LogP contribution is 2.18. The Morgan fingerprint density at radius 2 is 2.12 bits per heavy atom. The molecule has 6 nitrogen and oxygen atoms in total. The van der Waals surface area contributed by atoms with Gasteiger partial charge < -0.3 is 10.4 Å². The van der Waals surface area contributed by atoms with E-state index >= 15 is 0 Å². The second-order valence-corrected chi connectivity index (χ2v) is 6.78. The molecule has 0 radical (unpaired) electrons. The molecule has 136 valence electrons. The zero-order valence-corrected chi connectivity index (χ0v) is 15.1. The summed E-state index contributed by atoms with van der Waals surface area (Å²) in [5, 5.41) is 12.8. The number of nitrogens with zero attached hydrogens (tertiary/aromatic N) is 3. The number of hydrogen-bond donors (Lipinski definition) is 2. The highest BCUT2D eigenvalue weighted by Gasteiger charge is 2.20. The Morgan fingerprint density at radius 1 is 1.31 bits per heavy atom. The molecule has 0 bridgehead atoms. The molecule has 1 fully saturated rings. The fourth-order valence-corrected chi connectivity index (χ4v) is 3.16. The maximum atomic E-state index is 10.5. The van der Waals surface area contributed by atoms with Crippen molar-refractivity contribution in [2.45, 2.75) is 25.4 Å². The molecule has 0 unspecified atom stereocenters. The van der Waals surface area contributed by atoms with Crippen LogP contribution in [0.2, 0.25) is 5.02 Å². The number of halogens is 1. The van der Waals surface area contributed by atoms with Crippen LogP contribution in [0.5, 0.6) is 0 Å². The zero-order chi connectivity index (χ0) is 18.4. The smallest absolute Gasteiger partial charge is 0.328 e. The predicted molar refractivity (Wildman–Crippen MR) is 102 cm³/mol. The van der Waals surface area contributed by atoms with Crippen LogP contribution in [0.3, 0.4) is 0 Å². The van der Waals surface area contributed by atoms with Crippen molar-refractivity contribution in [3.63, 3.8) is 0 Å². The normalized spacial score (nSPS) is 18.1. The molecular weight excluding hydrogens is 352 g/mol. The molecule has 3 rings (SSSR count). The lowest BCUT2D eigenvalue weighted by atomic mass is 10.0. The summed E-state index contributed by atoms with van der Waals surface area (Å²) in [5.74, 6) is -0.298. The van der Waals surface area contributed by atoms with Crippen LogP contribution in [0.4, 0.5) is 5.82 Å². The minimum atomic E-state index is -1.00. The Morgan fingerprint density at radius 3 is 2.81 bits per heavy atom. The van der Waals surface area contributed by atoms with E-state index in [1.165, 1.54) is 11.6 Å². The van der Waals surface area contributed by atoms with Gasteiger partial charge in [0.1, 0.15) is 5.82 Å². The van der Waals surface area contributed by atoms with Crippen molar-refractivity contribution in [1.82, 2.24) is 14.9 Å². The van der Waals surface area contributed by atoms with E-state index in [0.29, 0.717) is 17.6 Å². The topological polar surface area (TPSA) is 78.3 Å². The van der Waals surface area contributed by atoms with Crippen molar-refractivity contribution < 1.29 is 9.90 Å². The summed E-state index contributed by atoms with van der Waals surface area (Å²) in [4.78, 5) is 21.5. The molecule has 1 aliphatic heterocycles. The molecule has 0 amide bonds. The molecule has 0 aliphatic carbocycles. The molecule has 1 atom stereocenters. The Labute approximate surface area is 157 Å². The summed E-state index contributed by atoms with van der Waals surface area (Å²) >= 11 is 5.94. The van der Waals surface area contributed by atoms with Crippen LogP contribution in [0.1, 0.15) is 24.1 Å². The number of carboxylic acids is 1. The van der Waals surface area contributed by atoms with Crippen LogP contribution < -0.4 is 5.32 Å². The number of nitrogens with one attached hydrogen (secondary N) is 1. The van der Waals surface area contributed by atoms with Gasteiger partial charge in [0.15, 0.2) is 0 Å². The SMILES string of the molecule is O=C(O)C=Cc1cnc(N[C@@H]2CCCN(Cc3ccc(Cl)cc3)C2)cn1. The van der Waals surface area contributed by atoms with Crippen LogP contribution in [0, 0.1) is 0 Å². The first-order valence-corrected chi connectivity index (χ1v) is 8.93. The summed E-state index contributed by atoms with van der Waals surface area (Å²) in [6.45, 7) is 2.91. The Bertz CT molecular complexity index is 762. The number of piperidine rings is 1. The third-order valence-electron chi connectivity index (χ3n) is 4.25. The largest absolute Gasteiger partial charge is 0.478 e. The van der Waals surface area contributed by atoms with E-state index < -0.39 is 5.97 Å². The van der Waals surface area contributed by atoms with Gasteiger partial charge in [-0.3, -0.25) is 9.88 Å². The molecule has 26 heavy (non-hydrogen) atoms. The molecule has 7 heteroatoms. The lowest BCUT2D eigenvalue weighted by Crippen LogP contribution is -2.41. The molecule has 1 saturated heterocycles. The molecule has 1 aliphatic rings. The van der Waals surface area contributed by atoms with Gasteiger partial charge in [-0.15, -0.1) is 0 Å². The minimum absolute atomic E-state index is 0.311. The molecule has 0 saturated carbocycles. The molecule has 1 aromatic carbocycles. The van der Waals surface area contributed by atoms with Gasteiger partial charge in [-0.2, -0.15) is 0 Å². The van der Waals surface area contributed by atoms with Gasteiger partial charge in [-0.25, -0.2) is 9.78 Å². The van der Waals surface area contributed by atoms with Gasteiger partial charge in [0.2, 0.25) is 0 Å². The van der Waals surface area contributed by atoms with Crippen LogP contribution in [0.15, 0.2) is 42.7 Å². The second kappa shape index (κ2) is 8.78. The first-order valence-electron chi connectivity index (χ1n) is 8.55. The first kappa shape index (κ1) is 18.4. The number of anilines is 1. The zero-order valence-electron chi connectivity index (χ0n) is 14.3. The Hall–Kier alpha value is -2.44. The van der Waals surface area contributed by atoms with E-state index in [2.05, 4.69) is 32.3 Å². The van der Waals surface area contributed by atoms with Crippen LogP contribution in [-0.4, -0.2) is 45.1 Å². The Balaban J connectivity index is 1.54. The number of hydrogen-bond acceptors (Lipinski definition) is 5. The predicted octanol–water partition coefficient (Wildman–Crippen LogP) is 3.30. The summed E-state index contributed by atoms with van der Waals surface area (Å²) in [7, 11) is 0. The highest BCUT2D eigenvalue weighted by atomic mass is 35.5. The van der Waals surface area contributed by atoms with Crippen LogP contribution >= 0.6 is 11.6 Å². The van der Waals surface area contributed by atoms with Gasteiger partial charge in [-0.05, 0) is 43.2 Å². The van der Waals surface area contributed by atoms with Crippen molar-refractivity contribution in [2.75, 3.05) is 18.4 Å². The summed E-state index contributed by atoms with van der Waals surface area (Å²) < 4.78 is 0. The van der Waals surface area contributed by atoms with Crippen molar-refractivity contribution in [3.05, 3.63) is 59.0 Å². The van der Waals surface area contributed by atoms with Gasteiger partial charge in [-0.1, -0.05) is 23.7 Å². The van der Waals surface area contributed by atoms with E-state index in [4.69, 9.17) is 16.7 Å². The summed E-state index contributed by atoms with van der Waals surface area (Å²) in [5.41, 5.74) is 1.77. The molecule has 2 aromatic rings. The van der Waals surface area contributed by atoms with E-state index in [1.54, 1.807) is 12.4 Å². The van der Waals surface area contributed by atoms with E-state index in [1.807, 2.05) is 12.1 Å². The third kappa shape index (κ3) is 5.54. The second-order valence-electron chi connectivity index (χ2n) is 6.34. The number of aromatic nitrogens is 2. The molecule has 1 aromatic heterocycles. The van der Waals surface area contributed by atoms with Crippen molar-refractivity contribution >= 4 is 29.5 Å². The fraction of sp³-hybridized carbons (Fsp3) is 0.316. The monoisotopic (exact) mass is 372 g/mol. The fourth-order valence-electron chi connectivity index (χ4n) is 3.03. The average molecular weight is 373 g/mol. The lowest BCUT2D eigenvalue weighted by Gasteiger charge is -2.33. The van der Waals surface area contributed by atoms with Gasteiger partial charge in [0, 0.05) is 30.2 Å². The molecule has 2 N–H and O–H groups in total. The number of aliphatic carboxylic acids is 1. The maximum absolute atomic E-state index is 10.5. The van der Waals surface area contributed by atoms with Crippen LogP contribution in [-0.2, 0) is 11.3 Å². The Kier molecular flexibility index (Phi) is 6.20. The summed E-state index contributed by atoms with van der Waals surface area (Å²) in [6, 6.07) is 8.28. The van der Waals surface area contributed by atoms with E-state index in [9.17, 15) is 4.79 Å². The first-order chi connectivity index (χ1) is 12.6. The third-order valence-corrected chi connectivity index (χ3v) is 4.50. The number of benzene rings is 1. The van der Waals surface area contributed by atoms with Gasteiger partial charge >= 0.3 is 5.97 Å². The molecule has 2 heterocycles. The van der Waals surface area contributed by atoms with Crippen molar-refractivity contribution in [3.8, 4) is 0 Å². The van der Waals surface area contributed by atoms with E-state index in [-0.39, 0.29) is 0 Å². The number of rotatable bonds is 6. The quantitative estimate of drug-likeness (QED) is 0.757. The number of carbonyl (C=O) groups is 1.